The number of hydrogen-bond acceptors (Lipinski definition) is 6. The highest BCUT2D eigenvalue weighted by Gasteiger charge is 2.19. The Morgan fingerprint density at radius 2 is 1.79 bits per heavy atom. The van der Waals surface area contributed by atoms with E-state index in [0.29, 0.717) is 29.7 Å². The van der Waals surface area contributed by atoms with Gasteiger partial charge in [0.1, 0.15) is 12.4 Å². The monoisotopic (exact) mass is 399 g/mol. The number of para-hydroxylation sites is 1. The largest absolute Gasteiger partial charge is 0.490 e. The molecule has 0 bridgehead atoms. The van der Waals surface area contributed by atoms with Crippen molar-refractivity contribution >= 4 is 10.0 Å². The number of aryl methyl sites for hydroxylation is 1. The molecule has 0 radical (unpaired) electrons. The minimum absolute atomic E-state index is 0.0717. The normalized spacial score (nSPS) is 12.5. The Morgan fingerprint density at radius 3 is 2.54 bits per heavy atom. The molecule has 0 fully saturated rings. The van der Waals surface area contributed by atoms with Gasteiger partial charge < -0.3 is 9.84 Å². The number of pyridine rings is 2. The number of nitrogens with zero attached hydrogens (tertiary/aromatic N) is 2. The van der Waals surface area contributed by atoms with Crippen LogP contribution in [0.15, 0.2) is 72.1 Å². The number of sulfonamides is 1. The summed E-state index contributed by atoms with van der Waals surface area (Å²) in [6.07, 6.45) is 5.35. The van der Waals surface area contributed by atoms with E-state index in [1.807, 2.05) is 12.1 Å². The van der Waals surface area contributed by atoms with E-state index in [0.717, 1.165) is 5.56 Å². The van der Waals surface area contributed by atoms with Crippen molar-refractivity contribution in [3.05, 3.63) is 72.7 Å². The first-order chi connectivity index (χ1) is 13.4. The number of hydrogen-bond donors (Lipinski definition) is 2. The van der Waals surface area contributed by atoms with Crippen molar-refractivity contribution < 1.29 is 18.3 Å². The third-order valence-electron chi connectivity index (χ3n) is 4.14. The smallest absolute Gasteiger partial charge is 0.256 e. The molecule has 0 spiro atoms. The van der Waals surface area contributed by atoms with Crippen LogP contribution in [0.2, 0.25) is 0 Å². The number of aliphatic hydroxyl groups is 1. The van der Waals surface area contributed by atoms with Gasteiger partial charge in [-0.3, -0.25) is 4.98 Å². The fourth-order valence-electron chi connectivity index (χ4n) is 2.79. The first kappa shape index (κ1) is 19.9. The molecular weight excluding hydrogens is 378 g/mol. The van der Waals surface area contributed by atoms with Crippen LogP contribution >= 0.6 is 0 Å². The zero-order valence-electron chi connectivity index (χ0n) is 15.1. The number of nitrogens with two attached hydrogens (primary N) is 1. The maximum Gasteiger partial charge on any atom is 0.256 e. The van der Waals surface area contributed by atoms with Gasteiger partial charge in [0.2, 0.25) is 0 Å². The minimum Gasteiger partial charge on any atom is -0.490 e. The van der Waals surface area contributed by atoms with Crippen molar-refractivity contribution in [1.29, 1.82) is 0 Å². The molecule has 0 aliphatic heterocycles. The second-order valence-electron chi connectivity index (χ2n) is 6.26. The molecule has 146 valence electrons. The second-order valence-corrected chi connectivity index (χ2v) is 7.74. The molecule has 0 aliphatic carbocycles. The van der Waals surface area contributed by atoms with E-state index in [1.54, 1.807) is 48.8 Å². The fourth-order valence-corrected chi connectivity index (χ4v) is 3.48. The molecule has 1 aromatic carbocycles. The van der Waals surface area contributed by atoms with Crippen LogP contribution in [0.5, 0.6) is 5.75 Å². The van der Waals surface area contributed by atoms with Crippen LogP contribution in [-0.2, 0) is 16.4 Å². The molecule has 0 unspecified atom stereocenters. The Labute approximate surface area is 163 Å². The number of aromatic nitrogens is 2. The average molecular weight is 399 g/mol. The molecule has 3 aromatic rings. The van der Waals surface area contributed by atoms with Crippen molar-refractivity contribution in [2.75, 3.05) is 6.61 Å². The predicted molar refractivity (Wildman–Crippen MR) is 105 cm³/mol. The molecule has 0 amide bonds. The highest BCUT2D eigenvalue weighted by Crippen LogP contribution is 2.33. The van der Waals surface area contributed by atoms with Crippen LogP contribution < -0.4 is 9.88 Å². The SMILES string of the molecule is NS(=O)(=O)c1ncccc1-c1ccccc1OC[C@H](O)CCc1cccnc1. The third kappa shape index (κ3) is 5.13. The minimum atomic E-state index is -3.99. The molecule has 0 aliphatic rings. The Hall–Kier alpha value is -2.81. The van der Waals surface area contributed by atoms with Gasteiger partial charge in [0.15, 0.2) is 5.03 Å². The number of aliphatic hydroxyl groups excluding tert-OH is 1. The Kier molecular flexibility index (Phi) is 6.35. The lowest BCUT2D eigenvalue weighted by Crippen LogP contribution is -2.19. The molecule has 0 saturated carbocycles. The van der Waals surface area contributed by atoms with Crippen molar-refractivity contribution in [3.63, 3.8) is 0 Å². The first-order valence-corrected chi connectivity index (χ1v) is 10.3. The van der Waals surface area contributed by atoms with E-state index >= 15 is 0 Å². The highest BCUT2D eigenvalue weighted by molar-refractivity contribution is 7.89. The highest BCUT2D eigenvalue weighted by atomic mass is 32.2. The van der Waals surface area contributed by atoms with E-state index in [4.69, 9.17) is 9.88 Å². The molecule has 2 aromatic heterocycles. The molecule has 1 atom stereocenters. The second kappa shape index (κ2) is 8.92. The quantitative estimate of drug-likeness (QED) is 0.600. The summed E-state index contributed by atoms with van der Waals surface area (Å²) in [7, 11) is -3.99. The zero-order valence-corrected chi connectivity index (χ0v) is 15.9. The molecule has 7 nitrogen and oxygen atoms in total. The van der Waals surface area contributed by atoms with Gasteiger partial charge in [-0.2, -0.15) is 0 Å². The number of rotatable bonds is 8. The number of primary sulfonamides is 1. The van der Waals surface area contributed by atoms with Crippen LogP contribution in [0.4, 0.5) is 0 Å². The standard InChI is InChI=1S/C20H21N3O4S/c21-28(25,26)20-18(7-4-12-23-20)17-6-1-2-8-19(17)27-14-16(24)10-9-15-5-3-11-22-13-15/h1-8,11-13,16,24H,9-10,14H2,(H2,21,25,26)/t16-/m1/s1. The molecule has 3 rings (SSSR count). The van der Waals surface area contributed by atoms with Gasteiger partial charge >= 0.3 is 0 Å². The third-order valence-corrected chi connectivity index (χ3v) is 5.00. The summed E-state index contributed by atoms with van der Waals surface area (Å²) in [6.45, 7) is 0.0717. The molecule has 3 N–H and O–H groups in total. The lowest BCUT2D eigenvalue weighted by Gasteiger charge is -2.16. The Balaban J connectivity index is 1.73. The summed E-state index contributed by atoms with van der Waals surface area (Å²) in [6, 6.07) is 14.0. The van der Waals surface area contributed by atoms with Crippen LogP contribution in [0.1, 0.15) is 12.0 Å². The number of benzene rings is 1. The summed E-state index contributed by atoms with van der Waals surface area (Å²) in [5.74, 6) is 0.445. The molecule has 0 saturated heterocycles. The Bertz CT molecular complexity index is 1030. The fraction of sp³-hybridized carbons (Fsp3) is 0.200. The van der Waals surface area contributed by atoms with Gasteiger partial charge in [-0.1, -0.05) is 24.3 Å². The molecule has 8 heteroatoms. The average Bonchev–Trinajstić information content (AvgIpc) is 2.71. The van der Waals surface area contributed by atoms with Gasteiger partial charge in [-0.05, 0) is 42.7 Å². The number of ether oxygens (including phenoxy) is 1. The van der Waals surface area contributed by atoms with Gasteiger partial charge in [-0.15, -0.1) is 0 Å². The summed E-state index contributed by atoms with van der Waals surface area (Å²) in [5.41, 5.74) is 1.93. The van der Waals surface area contributed by atoms with Crippen molar-refractivity contribution in [3.8, 4) is 16.9 Å². The van der Waals surface area contributed by atoms with Gasteiger partial charge in [0.25, 0.3) is 10.0 Å². The van der Waals surface area contributed by atoms with Gasteiger partial charge in [0, 0.05) is 29.7 Å². The van der Waals surface area contributed by atoms with Crippen molar-refractivity contribution in [2.45, 2.75) is 24.0 Å². The van der Waals surface area contributed by atoms with Gasteiger partial charge in [0.05, 0.1) is 6.10 Å². The maximum absolute atomic E-state index is 11.9. The van der Waals surface area contributed by atoms with E-state index in [-0.39, 0.29) is 11.6 Å². The maximum atomic E-state index is 11.9. The predicted octanol–water partition coefficient (Wildman–Crippen LogP) is 2.16. The van der Waals surface area contributed by atoms with E-state index in [2.05, 4.69) is 9.97 Å². The molecular formula is C20H21N3O4S. The van der Waals surface area contributed by atoms with Crippen molar-refractivity contribution in [2.24, 2.45) is 5.14 Å². The summed E-state index contributed by atoms with van der Waals surface area (Å²) >= 11 is 0. The van der Waals surface area contributed by atoms with Crippen LogP contribution in [-0.4, -0.2) is 36.2 Å². The summed E-state index contributed by atoms with van der Waals surface area (Å²) in [5, 5.41) is 15.3. The molecule has 2 heterocycles. The van der Waals surface area contributed by atoms with Crippen molar-refractivity contribution in [1.82, 2.24) is 9.97 Å². The summed E-state index contributed by atoms with van der Waals surface area (Å²) in [4.78, 5) is 7.95. The van der Waals surface area contributed by atoms with E-state index < -0.39 is 16.1 Å². The lowest BCUT2D eigenvalue weighted by molar-refractivity contribution is 0.100. The first-order valence-electron chi connectivity index (χ1n) is 8.72. The zero-order chi connectivity index (χ0) is 20.0. The van der Waals surface area contributed by atoms with Crippen LogP contribution in [0, 0.1) is 0 Å². The van der Waals surface area contributed by atoms with Crippen LogP contribution in [0.3, 0.4) is 0 Å². The Morgan fingerprint density at radius 1 is 1.04 bits per heavy atom. The summed E-state index contributed by atoms with van der Waals surface area (Å²) < 4.78 is 29.5. The van der Waals surface area contributed by atoms with E-state index in [9.17, 15) is 13.5 Å². The van der Waals surface area contributed by atoms with Crippen LogP contribution in [0.25, 0.3) is 11.1 Å². The lowest BCUT2D eigenvalue weighted by atomic mass is 10.1. The van der Waals surface area contributed by atoms with Gasteiger partial charge in [-0.25, -0.2) is 18.5 Å². The molecule has 28 heavy (non-hydrogen) atoms. The van der Waals surface area contributed by atoms with E-state index in [1.165, 1.54) is 6.20 Å². The topological polar surface area (TPSA) is 115 Å².